The second-order valence-electron chi connectivity index (χ2n) is 3.78. The lowest BCUT2D eigenvalue weighted by Crippen LogP contribution is -1.88. The first-order valence-corrected chi connectivity index (χ1v) is 6.60. The molecular weight excluding hydrogens is 244 g/mol. The van der Waals surface area contributed by atoms with Crippen LogP contribution in [0.1, 0.15) is 17.5 Å². The number of methoxy groups -OCH3 is 1. The maximum absolute atomic E-state index is 8.82. The van der Waals surface area contributed by atoms with E-state index >= 15 is 0 Å². The van der Waals surface area contributed by atoms with Gasteiger partial charge in [-0.2, -0.15) is 5.26 Å². The van der Waals surface area contributed by atoms with E-state index in [-0.39, 0.29) is 0 Å². The third-order valence-electron chi connectivity index (χ3n) is 2.69. The molecule has 2 aromatic rings. The first kappa shape index (κ1) is 12.6. The number of para-hydroxylation sites is 1. The molecule has 18 heavy (non-hydrogen) atoms. The van der Waals surface area contributed by atoms with Gasteiger partial charge in [-0.25, -0.2) is 4.98 Å². The smallest absolute Gasteiger partial charge is 0.129 e. The Morgan fingerprint density at radius 1 is 1.39 bits per heavy atom. The zero-order chi connectivity index (χ0) is 13.0. The molecule has 0 saturated carbocycles. The van der Waals surface area contributed by atoms with E-state index in [0.717, 1.165) is 33.3 Å². The molecular formula is C14H14N2OS. The number of rotatable bonds is 4. The molecule has 0 radical (unpaired) electrons. The van der Waals surface area contributed by atoms with E-state index in [0.29, 0.717) is 6.42 Å². The van der Waals surface area contributed by atoms with E-state index in [4.69, 9.17) is 10.00 Å². The average molecular weight is 258 g/mol. The number of ether oxygens (including phenoxy) is 1. The van der Waals surface area contributed by atoms with Crippen LogP contribution in [0.3, 0.4) is 0 Å². The summed E-state index contributed by atoms with van der Waals surface area (Å²) in [5, 5.41) is 9.75. The third kappa shape index (κ3) is 2.36. The highest BCUT2D eigenvalue weighted by atomic mass is 32.1. The van der Waals surface area contributed by atoms with Crippen molar-refractivity contribution >= 4 is 11.3 Å². The molecule has 0 N–H and O–H groups in total. The topological polar surface area (TPSA) is 45.9 Å². The van der Waals surface area contributed by atoms with Crippen LogP contribution in [0.2, 0.25) is 0 Å². The van der Waals surface area contributed by atoms with Crippen molar-refractivity contribution in [1.29, 1.82) is 5.26 Å². The lowest BCUT2D eigenvalue weighted by Gasteiger charge is -2.04. The summed E-state index contributed by atoms with van der Waals surface area (Å²) < 4.78 is 5.34. The Hall–Kier alpha value is -1.86. The summed E-state index contributed by atoms with van der Waals surface area (Å²) in [6.45, 7) is 2.06. The quantitative estimate of drug-likeness (QED) is 0.843. The van der Waals surface area contributed by atoms with Crippen molar-refractivity contribution in [3.8, 4) is 22.4 Å². The monoisotopic (exact) mass is 258 g/mol. The van der Waals surface area contributed by atoms with Crippen molar-refractivity contribution in [2.75, 3.05) is 7.11 Å². The standard InChI is InChI=1S/C14H14N2OS/c1-3-11-13(8-9-15)18-14(16-11)10-6-4-5-7-12(10)17-2/h4-7H,3,8H2,1-2H3. The van der Waals surface area contributed by atoms with Crippen LogP contribution >= 0.6 is 11.3 Å². The number of aryl methyl sites for hydroxylation is 1. The van der Waals surface area contributed by atoms with Gasteiger partial charge < -0.3 is 4.74 Å². The van der Waals surface area contributed by atoms with Crippen molar-refractivity contribution in [1.82, 2.24) is 4.98 Å². The van der Waals surface area contributed by atoms with Crippen molar-refractivity contribution in [2.45, 2.75) is 19.8 Å². The molecule has 1 aromatic carbocycles. The molecule has 3 nitrogen and oxygen atoms in total. The van der Waals surface area contributed by atoms with Gasteiger partial charge in [-0.3, -0.25) is 0 Å². The molecule has 2 rings (SSSR count). The molecule has 0 spiro atoms. The minimum atomic E-state index is 0.427. The van der Waals surface area contributed by atoms with E-state index in [2.05, 4.69) is 18.0 Å². The fraction of sp³-hybridized carbons (Fsp3) is 0.286. The number of nitrogens with zero attached hydrogens (tertiary/aromatic N) is 2. The van der Waals surface area contributed by atoms with Gasteiger partial charge in [0.05, 0.1) is 30.9 Å². The largest absolute Gasteiger partial charge is 0.496 e. The Balaban J connectivity index is 2.48. The van der Waals surface area contributed by atoms with Gasteiger partial charge in [0.25, 0.3) is 0 Å². The number of hydrogen-bond acceptors (Lipinski definition) is 4. The summed E-state index contributed by atoms with van der Waals surface area (Å²) in [7, 11) is 1.66. The van der Waals surface area contributed by atoms with Crippen molar-refractivity contribution < 1.29 is 4.74 Å². The van der Waals surface area contributed by atoms with E-state index < -0.39 is 0 Å². The Bertz CT molecular complexity index is 584. The molecule has 0 saturated heterocycles. The van der Waals surface area contributed by atoms with Crippen LogP contribution < -0.4 is 4.74 Å². The van der Waals surface area contributed by atoms with Gasteiger partial charge in [-0.05, 0) is 18.6 Å². The summed E-state index contributed by atoms with van der Waals surface area (Å²) in [6, 6.07) is 10.0. The zero-order valence-electron chi connectivity index (χ0n) is 10.4. The minimum Gasteiger partial charge on any atom is -0.496 e. The maximum atomic E-state index is 8.82. The zero-order valence-corrected chi connectivity index (χ0v) is 11.3. The Labute approximate surface area is 111 Å². The summed E-state index contributed by atoms with van der Waals surface area (Å²) in [5.74, 6) is 0.817. The molecule has 0 fully saturated rings. The fourth-order valence-corrected chi connectivity index (χ4v) is 2.92. The molecule has 0 aliphatic heterocycles. The number of nitriles is 1. The lowest BCUT2D eigenvalue weighted by molar-refractivity contribution is 0.416. The van der Waals surface area contributed by atoms with Gasteiger partial charge in [-0.1, -0.05) is 19.1 Å². The SMILES string of the molecule is CCc1nc(-c2ccccc2OC)sc1CC#N. The first-order chi connectivity index (χ1) is 8.80. The van der Waals surface area contributed by atoms with Crippen LogP contribution in [0, 0.1) is 11.3 Å². The predicted octanol–water partition coefficient (Wildman–Crippen LogP) is 3.45. The molecule has 92 valence electrons. The summed E-state index contributed by atoms with van der Waals surface area (Å²) in [5.41, 5.74) is 2.01. The highest BCUT2D eigenvalue weighted by Crippen LogP contribution is 2.34. The predicted molar refractivity (Wildman–Crippen MR) is 72.8 cm³/mol. The van der Waals surface area contributed by atoms with Crippen molar-refractivity contribution in [2.24, 2.45) is 0 Å². The summed E-state index contributed by atoms with van der Waals surface area (Å²) >= 11 is 1.58. The first-order valence-electron chi connectivity index (χ1n) is 5.79. The number of aromatic nitrogens is 1. The molecule has 0 atom stereocenters. The normalized spacial score (nSPS) is 10.1. The lowest BCUT2D eigenvalue weighted by atomic mass is 10.2. The summed E-state index contributed by atoms with van der Waals surface area (Å²) in [6.07, 6.45) is 1.28. The third-order valence-corrected chi connectivity index (χ3v) is 3.82. The molecule has 0 unspecified atom stereocenters. The minimum absolute atomic E-state index is 0.427. The van der Waals surface area contributed by atoms with Gasteiger partial charge in [0.2, 0.25) is 0 Å². The van der Waals surface area contributed by atoms with Gasteiger partial charge in [-0.15, -0.1) is 11.3 Å². The fourth-order valence-electron chi connectivity index (χ4n) is 1.81. The van der Waals surface area contributed by atoms with E-state index in [1.165, 1.54) is 0 Å². The number of benzene rings is 1. The highest BCUT2D eigenvalue weighted by Gasteiger charge is 2.13. The number of hydrogen-bond donors (Lipinski definition) is 0. The van der Waals surface area contributed by atoms with Crippen LogP contribution in [0.4, 0.5) is 0 Å². The number of thiazole rings is 1. The van der Waals surface area contributed by atoms with Crippen LogP contribution in [-0.2, 0) is 12.8 Å². The second kappa shape index (κ2) is 5.65. The molecule has 0 amide bonds. The van der Waals surface area contributed by atoms with E-state index in [1.54, 1.807) is 18.4 Å². The maximum Gasteiger partial charge on any atom is 0.129 e. The Morgan fingerprint density at radius 2 is 2.17 bits per heavy atom. The van der Waals surface area contributed by atoms with Crippen LogP contribution in [0.15, 0.2) is 24.3 Å². The molecule has 0 aliphatic carbocycles. The molecule has 0 bridgehead atoms. The van der Waals surface area contributed by atoms with Crippen LogP contribution in [0.25, 0.3) is 10.6 Å². The van der Waals surface area contributed by atoms with E-state index in [9.17, 15) is 0 Å². The van der Waals surface area contributed by atoms with Crippen molar-refractivity contribution in [3.05, 3.63) is 34.8 Å². The van der Waals surface area contributed by atoms with Gasteiger partial charge in [0, 0.05) is 4.88 Å². The Kier molecular flexibility index (Phi) is 3.96. The molecule has 1 heterocycles. The highest BCUT2D eigenvalue weighted by molar-refractivity contribution is 7.15. The molecule has 0 aliphatic rings. The van der Waals surface area contributed by atoms with Gasteiger partial charge in [0.15, 0.2) is 0 Å². The van der Waals surface area contributed by atoms with E-state index in [1.807, 2.05) is 24.3 Å². The average Bonchev–Trinajstić information content (AvgIpc) is 2.82. The van der Waals surface area contributed by atoms with Crippen LogP contribution in [-0.4, -0.2) is 12.1 Å². The Morgan fingerprint density at radius 3 is 2.83 bits per heavy atom. The van der Waals surface area contributed by atoms with Crippen molar-refractivity contribution in [3.63, 3.8) is 0 Å². The van der Waals surface area contributed by atoms with Gasteiger partial charge in [0.1, 0.15) is 10.8 Å². The summed E-state index contributed by atoms with van der Waals surface area (Å²) in [4.78, 5) is 5.67. The molecule has 4 heteroatoms. The van der Waals surface area contributed by atoms with Crippen LogP contribution in [0.5, 0.6) is 5.75 Å². The van der Waals surface area contributed by atoms with Gasteiger partial charge >= 0.3 is 0 Å². The molecule has 1 aromatic heterocycles. The second-order valence-corrected chi connectivity index (χ2v) is 4.86.